The van der Waals surface area contributed by atoms with E-state index in [1.807, 2.05) is 4.90 Å². The summed E-state index contributed by atoms with van der Waals surface area (Å²) in [5.41, 5.74) is 0. The summed E-state index contributed by atoms with van der Waals surface area (Å²) >= 11 is 0. The first-order valence-corrected chi connectivity index (χ1v) is 8.28. The average molecular weight is 310 g/mol. The number of amides is 2. The Bertz CT molecular complexity index is 439. The van der Waals surface area contributed by atoms with Crippen LogP contribution in [0.5, 0.6) is 0 Å². The van der Waals surface area contributed by atoms with E-state index in [9.17, 15) is 14.4 Å². The molecule has 0 radical (unpaired) electrons. The molecule has 0 aromatic carbocycles. The molecule has 2 aliphatic rings. The molecule has 1 atom stereocenters. The molecule has 6 heteroatoms. The third kappa shape index (κ3) is 3.42. The first kappa shape index (κ1) is 16.8. The Hall–Kier alpha value is -1.59. The first-order chi connectivity index (χ1) is 10.5. The molecule has 2 saturated heterocycles. The van der Waals surface area contributed by atoms with Gasteiger partial charge >= 0.3 is 5.97 Å². The van der Waals surface area contributed by atoms with E-state index in [4.69, 9.17) is 5.11 Å². The topological polar surface area (TPSA) is 77.9 Å². The number of rotatable bonds is 5. The van der Waals surface area contributed by atoms with Gasteiger partial charge in [-0.1, -0.05) is 13.8 Å². The Balaban J connectivity index is 1.92. The molecular formula is C16H26N2O4. The molecule has 0 spiro atoms. The van der Waals surface area contributed by atoms with Crippen molar-refractivity contribution >= 4 is 17.8 Å². The molecule has 2 fully saturated rings. The van der Waals surface area contributed by atoms with E-state index in [1.165, 1.54) is 0 Å². The maximum Gasteiger partial charge on any atom is 0.306 e. The lowest BCUT2D eigenvalue weighted by Crippen LogP contribution is -2.44. The van der Waals surface area contributed by atoms with E-state index in [0.717, 1.165) is 12.8 Å². The molecule has 1 unspecified atom stereocenters. The Morgan fingerprint density at radius 2 is 1.77 bits per heavy atom. The lowest BCUT2D eigenvalue weighted by Gasteiger charge is -2.32. The van der Waals surface area contributed by atoms with Crippen LogP contribution in [0.1, 0.15) is 46.0 Å². The maximum absolute atomic E-state index is 12.6. The van der Waals surface area contributed by atoms with Crippen LogP contribution in [-0.4, -0.2) is 58.4 Å². The van der Waals surface area contributed by atoms with Crippen LogP contribution in [0, 0.1) is 11.8 Å². The zero-order valence-corrected chi connectivity index (χ0v) is 13.5. The van der Waals surface area contributed by atoms with E-state index in [0.29, 0.717) is 38.9 Å². The molecule has 2 heterocycles. The van der Waals surface area contributed by atoms with Gasteiger partial charge in [-0.2, -0.15) is 0 Å². The Morgan fingerprint density at radius 1 is 1.18 bits per heavy atom. The van der Waals surface area contributed by atoms with Gasteiger partial charge in [-0.05, 0) is 25.7 Å². The molecule has 2 amide bonds. The number of carbonyl (C=O) groups is 3. The van der Waals surface area contributed by atoms with Crippen molar-refractivity contribution in [1.29, 1.82) is 0 Å². The van der Waals surface area contributed by atoms with Crippen molar-refractivity contribution in [2.45, 2.75) is 52.0 Å². The van der Waals surface area contributed by atoms with Gasteiger partial charge in [-0.25, -0.2) is 0 Å². The normalized spacial score (nSPS) is 23.4. The quantitative estimate of drug-likeness (QED) is 0.831. The fourth-order valence-electron chi connectivity index (χ4n) is 3.58. The largest absolute Gasteiger partial charge is 0.481 e. The molecule has 22 heavy (non-hydrogen) atoms. The second-order valence-electron chi connectivity index (χ2n) is 6.36. The molecule has 124 valence electrons. The van der Waals surface area contributed by atoms with Crippen molar-refractivity contribution in [3.05, 3.63) is 0 Å². The predicted molar refractivity (Wildman–Crippen MR) is 81.1 cm³/mol. The van der Waals surface area contributed by atoms with Crippen LogP contribution >= 0.6 is 0 Å². The van der Waals surface area contributed by atoms with Crippen molar-refractivity contribution < 1.29 is 19.5 Å². The van der Waals surface area contributed by atoms with Crippen LogP contribution in [0.25, 0.3) is 0 Å². The average Bonchev–Trinajstić information content (AvgIpc) is 2.90. The van der Waals surface area contributed by atoms with Crippen molar-refractivity contribution in [3.63, 3.8) is 0 Å². The monoisotopic (exact) mass is 310 g/mol. The van der Waals surface area contributed by atoms with Crippen LogP contribution < -0.4 is 0 Å². The van der Waals surface area contributed by atoms with Gasteiger partial charge in [-0.15, -0.1) is 0 Å². The van der Waals surface area contributed by atoms with Crippen molar-refractivity contribution in [2.24, 2.45) is 11.8 Å². The highest BCUT2D eigenvalue weighted by Crippen LogP contribution is 2.26. The fraction of sp³-hybridized carbons (Fsp3) is 0.812. The molecule has 0 aromatic rings. The van der Waals surface area contributed by atoms with Crippen LogP contribution in [0.3, 0.4) is 0 Å². The minimum absolute atomic E-state index is 0.0191. The fourth-order valence-corrected chi connectivity index (χ4v) is 3.58. The van der Waals surface area contributed by atoms with Gasteiger partial charge in [0.25, 0.3) is 0 Å². The van der Waals surface area contributed by atoms with E-state index in [1.54, 1.807) is 4.90 Å². The van der Waals surface area contributed by atoms with Crippen LogP contribution in [0.15, 0.2) is 0 Å². The summed E-state index contributed by atoms with van der Waals surface area (Å²) in [6.45, 7) is 5.63. The Morgan fingerprint density at radius 3 is 2.27 bits per heavy atom. The van der Waals surface area contributed by atoms with Crippen molar-refractivity contribution in [3.8, 4) is 0 Å². The molecule has 2 rings (SSSR count). The van der Waals surface area contributed by atoms with Crippen LogP contribution in [0.4, 0.5) is 0 Å². The predicted octanol–water partition coefficient (Wildman–Crippen LogP) is 1.35. The molecular weight excluding hydrogens is 284 g/mol. The van der Waals surface area contributed by atoms with Crippen molar-refractivity contribution in [2.75, 3.05) is 19.6 Å². The molecule has 0 saturated carbocycles. The second kappa shape index (κ2) is 7.11. The van der Waals surface area contributed by atoms with Gasteiger partial charge in [0.2, 0.25) is 11.8 Å². The molecule has 0 aromatic heterocycles. The Labute approximate surface area is 131 Å². The third-order valence-electron chi connectivity index (χ3n) is 5.05. The lowest BCUT2D eigenvalue weighted by atomic mass is 9.95. The van der Waals surface area contributed by atoms with Crippen LogP contribution in [0.2, 0.25) is 0 Å². The standard InChI is InChI=1S/C16H26N2O4/c1-3-13(4-2)18-10-12(9-14(18)19)15(20)17-7-5-11(6-8-17)16(21)22/h11-13H,3-10H2,1-2H3,(H,21,22). The minimum atomic E-state index is -0.775. The minimum Gasteiger partial charge on any atom is -0.481 e. The van der Waals surface area contributed by atoms with Gasteiger partial charge in [0, 0.05) is 32.1 Å². The second-order valence-corrected chi connectivity index (χ2v) is 6.36. The van der Waals surface area contributed by atoms with Gasteiger partial charge in [0.05, 0.1) is 11.8 Å². The van der Waals surface area contributed by atoms with E-state index >= 15 is 0 Å². The van der Waals surface area contributed by atoms with Gasteiger partial charge in [0.15, 0.2) is 0 Å². The summed E-state index contributed by atoms with van der Waals surface area (Å²) in [7, 11) is 0. The summed E-state index contributed by atoms with van der Waals surface area (Å²) in [4.78, 5) is 39.3. The van der Waals surface area contributed by atoms with Gasteiger partial charge in [-0.3, -0.25) is 14.4 Å². The molecule has 0 aliphatic carbocycles. The number of hydrogen-bond donors (Lipinski definition) is 1. The molecule has 0 bridgehead atoms. The van der Waals surface area contributed by atoms with Crippen molar-refractivity contribution in [1.82, 2.24) is 9.80 Å². The molecule has 6 nitrogen and oxygen atoms in total. The zero-order chi connectivity index (χ0) is 16.3. The number of carboxylic acids is 1. The molecule has 1 N–H and O–H groups in total. The number of aliphatic carboxylic acids is 1. The number of piperidine rings is 1. The number of nitrogens with zero attached hydrogens (tertiary/aromatic N) is 2. The maximum atomic E-state index is 12.6. The molecule has 2 aliphatic heterocycles. The summed E-state index contributed by atoms with van der Waals surface area (Å²) in [5, 5.41) is 9.00. The highest BCUT2D eigenvalue weighted by Gasteiger charge is 2.39. The smallest absolute Gasteiger partial charge is 0.306 e. The van der Waals surface area contributed by atoms with E-state index in [-0.39, 0.29) is 29.7 Å². The third-order valence-corrected chi connectivity index (χ3v) is 5.05. The first-order valence-electron chi connectivity index (χ1n) is 8.28. The SMILES string of the molecule is CCC(CC)N1CC(C(=O)N2CCC(C(=O)O)CC2)CC1=O. The zero-order valence-electron chi connectivity index (χ0n) is 13.5. The van der Waals surface area contributed by atoms with E-state index in [2.05, 4.69) is 13.8 Å². The summed E-state index contributed by atoms with van der Waals surface area (Å²) in [6, 6.07) is 0.225. The van der Waals surface area contributed by atoms with Crippen LogP contribution in [-0.2, 0) is 14.4 Å². The highest BCUT2D eigenvalue weighted by atomic mass is 16.4. The number of hydrogen-bond acceptors (Lipinski definition) is 3. The summed E-state index contributed by atoms with van der Waals surface area (Å²) in [5.74, 6) is -1.27. The highest BCUT2D eigenvalue weighted by molar-refractivity contribution is 5.89. The summed E-state index contributed by atoms with van der Waals surface area (Å²) < 4.78 is 0. The summed E-state index contributed by atoms with van der Waals surface area (Å²) in [6.07, 6.45) is 3.14. The van der Waals surface area contributed by atoms with Gasteiger partial charge in [0.1, 0.15) is 0 Å². The van der Waals surface area contributed by atoms with E-state index < -0.39 is 5.97 Å². The Kier molecular flexibility index (Phi) is 5.42. The van der Waals surface area contributed by atoms with Gasteiger partial charge < -0.3 is 14.9 Å². The lowest BCUT2D eigenvalue weighted by molar-refractivity contribution is -0.146. The number of carbonyl (C=O) groups excluding carboxylic acids is 2. The number of likely N-dealkylation sites (tertiary alicyclic amines) is 2. The number of carboxylic acid groups (broad SMARTS) is 1.